The molecule has 14 nitrogen and oxygen atoms in total. The van der Waals surface area contributed by atoms with Gasteiger partial charge < -0.3 is 55.2 Å². The minimum absolute atomic E-state index is 0.0999. The number of ketones is 1. The van der Waals surface area contributed by atoms with Crippen molar-refractivity contribution >= 4 is 11.7 Å². The molecule has 1 amide bonds. The maximum Gasteiger partial charge on any atom is 0.262 e. The van der Waals surface area contributed by atoms with Gasteiger partial charge in [-0.25, -0.2) is 0 Å². The fourth-order valence-electron chi connectivity index (χ4n) is 7.69. The first-order valence-electron chi connectivity index (χ1n) is 20.1. The number of Topliss-reactive ketones (excluding diaryl/α,β-unsaturated/α-hetero) is 1. The molecule has 3 rings (SSSR count). The molecule has 2 aliphatic rings. The van der Waals surface area contributed by atoms with Crippen molar-refractivity contribution in [2.45, 2.75) is 142 Å². The molecule has 0 spiro atoms. The van der Waals surface area contributed by atoms with Gasteiger partial charge in [-0.05, 0) is 50.7 Å². The van der Waals surface area contributed by atoms with Crippen LogP contribution in [-0.4, -0.2) is 116 Å². The zero-order valence-electron chi connectivity index (χ0n) is 34.6. The number of unbranched alkanes of at least 4 members (excludes halogenated alkanes) is 2. The molecule has 57 heavy (non-hydrogen) atoms. The van der Waals surface area contributed by atoms with Gasteiger partial charge in [0.2, 0.25) is 11.7 Å². The molecule has 14 heteroatoms. The van der Waals surface area contributed by atoms with E-state index in [1.807, 2.05) is 32.9 Å². The van der Waals surface area contributed by atoms with Crippen molar-refractivity contribution in [3.63, 3.8) is 0 Å². The monoisotopic (exact) mass is 802 g/mol. The molecule has 0 aromatic carbocycles. The summed E-state index contributed by atoms with van der Waals surface area (Å²) in [6.07, 6.45) is 8.99. The number of aliphatic hydroxyl groups is 5. The Hall–Kier alpha value is -3.47. The average molecular weight is 803 g/mol. The van der Waals surface area contributed by atoms with E-state index in [0.717, 1.165) is 18.4 Å². The number of ether oxygens (including phenoxy) is 3. The molecule has 2 saturated heterocycles. The Balaban J connectivity index is 1.55. The number of nitrogens with one attached hydrogen (secondary N) is 2. The van der Waals surface area contributed by atoms with E-state index in [-0.39, 0.29) is 30.2 Å². The van der Waals surface area contributed by atoms with Crippen LogP contribution >= 0.6 is 0 Å². The summed E-state index contributed by atoms with van der Waals surface area (Å²) in [5.74, 6) is -5.67. The lowest BCUT2D eigenvalue weighted by Crippen LogP contribution is -2.69. The maximum absolute atomic E-state index is 13.3. The van der Waals surface area contributed by atoms with Crippen molar-refractivity contribution in [1.29, 1.82) is 0 Å². The van der Waals surface area contributed by atoms with Gasteiger partial charge in [0.15, 0.2) is 5.78 Å². The van der Waals surface area contributed by atoms with Crippen LogP contribution in [-0.2, 0) is 19.0 Å². The van der Waals surface area contributed by atoms with E-state index in [2.05, 4.69) is 10.3 Å². The van der Waals surface area contributed by atoms with Crippen molar-refractivity contribution in [3.8, 4) is 5.75 Å². The van der Waals surface area contributed by atoms with Gasteiger partial charge in [0.05, 0.1) is 30.3 Å². The Bertz CT molecular complexity index is 1650. The molecule has 2 aliphatic heterocycles. The largest absolute Gasteiger partial charge is 0.507 e. The third-order valence-electron chi connectivity index (χ3n) is 11.4. The SMILES string of the molecule is CCC/C=C/[C@@H]1O[C@](O)([C@H](CC)C(=O)NC/C=C/C=C(\C)[C@@H](OC)[C@@H](C)[C@@H]2O[C@H](/C=C/CCCC(C)C(=O)c3c(O)cc[nH]c3=O)[C@H](O)[C@@H]2O)[C@H](O)[C@H](O)C1(C)C. The molecule has 320 valence electrons. The smallest absolute Gasteiger partial charge is 0.262 e. The third kappa shape index (κ3) is 11.4. The maximum atomic E-state index is 13.3. The van der Waals surface area contributed by atoms with Crippen LogP contribution in [0.1, 0.15) is 97.3 Å². The summed E-state index contributed by atoms with van der Waals surface area (Å²) in [6, 6.07) is 1.27. The molecule has 0 radical (unpaired) electrons. The first-order valence-corrected chi connectivity index (χ1v) is 20.1. The van der Waals surface area contributed by atoms with Gasteiger partial charge in [-0.3, -0.25) is 14.4 Å². The lowest BCUT2D eigenvalue weighted by Gasteiger charge is -2.53. The molecule has 3 heterocycles. The van der Waals surface area contributed by atoms with Crippen LogP contribution in [0.3, 0.4) is 0 Å². The number of carbonyl (C=O) groups is 2. The zero-order chi connectivity index (χ0) is 42.7. The highest BCUT2D eigenvalue weighted by molar-refractivity contribution is 5.99. The van der Waals surface area contributed by atoms with E-state index in [4.69, 9.17) is 14.2 Å². The van der Waals surface area contributed by atoms with Crippen molar-refractivity contribution in [3.05, 3.63) is 76.3 Å². The second-order valence-corrected chi connectivity index (χ2v) is 16.0. The minimum atomic E-state index is -2.31. The number of pyridine rings is 1. The highest BCUT2D eigenvalue weighted by atomic mass is 16.7. The number of methoxy groups -OCH3 is 1. The van der Waals surface area contributed by atoms with Crippen LogP contribution < -0.4 is 10.9 Å². The van der Waals surface area contributed by atoms with E-state index in [1.165, 1.54) is 19.4 Å². The van der Waals surface area contributed by atoms with Gasteiger partial charge in [-0.15, -0.1) is 0 Å². The number of rotatable bonds is 20. The van der Waals surface area contributed by atoms with Crippen molar-refractivity contribution in [2.75, 3.05) is 13.7 Å². The number of carbonyl (C=O) groups excluding carboxylic acids is 2. The number of H-pyrrole nitrogens is 1. The molecular weight excluding hydrogens is 736 g/mol. The molecule has 1 unspecified atom stereocenters. The standard InChI is InChI=1S/C43H66N2O12/c1-9-11-13-21-31-42(6,7)38(50)39(51)43(54,57-31)28(10-2)40(52)44-23-17-16-19-26(4)36(55-8)27(5)37-35(49)34(48)30(56-37)20-15-12-14-18-25(3)33(47)32-29(46)22-24-45-41(32)53/h13,15-17,19-22,24-25,27-28,30-31,34-39,48-51,54H,9-12,14,18,23H2,1-8H3,(H,44,52)(H2,45,46,53)/b17-16+,20-15+,21-13+,26-19+/t25?,27-,28-,30-,31+,34+,35+,36-,37+,38+,39-,43-/m1/s1. The van der Waals surface area contributed by atoms with E-state index < -0.39 is 89.1 Å². The van der Waals surface area contributed by atoms with E-state index in [0.29, 0.717) is 19.3 Å². The summed E-state index contributed by atoms with van der Waals surface area (Å²) in [5.41, 5.74) is -0.999. The molecule has 8 N–H and O–H groups in total. The number of aliphatic hydroxyl groups excluding tert-OH is 4. The Morgan fingerprint density at radius 3 is 2.35 bits per heavy atom. The highest BCUT2D eigenvalue weighted by Gasteiger charge is 2.60. The first-order chi connectivity index (χ1) is 26.9. The van der Waals surface area contributed by atoms with Crippen LogP contribution in [0.25, 0.3) is 0 Å². The number of aromatic hydroxyl groups is 1. The van der Waals surface area contributed by atoms with Crippen molar-refractivity contribution < 1.29 is 54.4 Å². The van der Waals surface area contributed by atoms with Crippen molar-refractivity contribution in [1.82, 2.24) is 10.3 Å². The first kappa shape index (κ1) is 47.9. The van der Waals surface area contributed by atoms with E-state index in [1.54, 1.807) is 58.1 Å². The third-order valence-corrected chi connectivity index (χ3v) is 11.4. The van der Waals surface area contributed by atoms with Crippen LogP contribution in [0.15, 0.2) is 65.2 Å². The van der Waals surface area contributed by atoms with Gasteiger partial charge in [0, 0.05) is 37.1 Å². The number of amides is 1. The number of hydrogen-bond acceptors (Lipinski definition) is 12. The van der Waals surface area contributed by atoms with E-state index in [9.17, 15) is 45.0 Å². The number of hydrogen-bond donors (Lipinski definition) is 8. The van der Waals surface area contributed by atoms with Gasteiger partial charge in [-0.1, -0.05) is 90.5 Å². The summed E-state index contributed by atoms with van der Waals surface area (Å²) in [6.45, 7) is 12.7. The molecular formula is C43H66N2O12. The summed E-state index contributed by atoms with van der Waals surface area (Å²) >= 11 is 0. The second-order valence-electron chi connectivity index (χ2n) is 16.0. The van der Waals surface area contributed by atoms with Gasteiger partial charge in [-0.2, -0.15) is 0 Å². The number of allylic oxidation sites excluding steroid dienone is 4. The quantitative estimate of drug-likeness (QED) is 0.0410. The molecule has 0 aliphatic carbocycles. The lowest BCUT2D eigenvalue weighted by atomic mass is 9.71. The van der Waals surface area contributed by atoms with Crippen molar-refractivity contribution in [2.24, 2.45) is 23.2 Å². The molecule has 2 fully saturated rings. The Labute approximate surface area is 336 Å². The summed E-state index contributed by atoms with van der Waals surface area (Å²) < 4.78 is 17.9. The molecule has 1 aromatic rings. The number of aromatic amines is 1. The lowest BCUT2D eigenvalue weighted by molar-refractivity contribution is -0.360. The predicted molar refractivity (Wildman–Crippen MR) is 215 cm³/mol. The fourth-order valence-corrected chi connectivity index (χ4v) is 7.69. The van der Waals surface area contributed by atoms with Crippen LogP contribution in [0.5, 0.6) is 5.75 Å². The van der Waals surface area contributed by atoms with Crippen LogP contribution in [0.4, 0.5) is 0 Å². The fraction of sp³-hybridized carbons (Fsp3) is 0.651. The summed E-state index contributed by atoms with van der Waals surface area (Å²) in [5, 5.41) is 68.0. The minimum Gasteiger partial charge on any atom is -0.507 e. The van der Waals surface area contributed by atoms with Gasteiger partial charge in [0.25, 0.3) is 5.56 Å². The van der Waals surface area contributed by atoms with Crippen LogP contribution in [0.2, 0.25) is 0 Å². The zero-order valence-corrected chi connectivity index (χ0v) is 34.6. The van der Waals surface area contributed by atoms with Crippen LogP contribution in [0, 0.1) is 23.2 Å². The van der Waals surface area contributed by atoms with E-state index >= 15 is 0 Å². The topological polar surface area (TPSA) is 228 Å². The Kier molecular flexibility index (Phi) is 18.1. The Morgan fingerprint density at radius 1 is 1.04 bits per heavy atom. The summed E-state index contributed by atoms with van der Waals surface area (Å²) in [4.78, 5) is 40.4. The molecule has 0 bridgehead atoms. The Morgan fingerprint density at radius 2 is 1.72 bits per heavy atom. The predicted octanol–water partition coefficient (Wildman–Crippen LogP) is 3.60. The molecule has 0 saturated carbocycles. The second kappa shape index (κ2) is 21.5. The molecule has 1 aromatic heterocycles. The highest BCUT2D eigenvalue weighted by Crippen LogP contribution is 2.44. The number of aromatic nitrogens is 1. The normalized spacial score (nSPS) is 30.2. The van der Waals surface area contributed by atoms with Gasteiger partial charge >= 0.3 is 0 Å². The average Bonchev–Trinajstić information content (AvgIpc) is 3.45. The van der Waals surface area contributed by atoms with Gasteiger partial charge in [0.1, 0.15) is 35.7 Å². The molecule has 12 atom stereocenters. The summed E-state index contributed by atoms with van der Waals surface area (Å²) in [7, 11) is 1.54.